The Hall–Kier alpha value is -1.34. The third kappa shape index (κ3) is 2.25. The Morgan fingerprint density at radius 1 is 1.50 bits per heavy atom. The van der Waals surface area contributed by atoms with E-state index in [1.807, 2.05) is 0 Å². The summed E-state index contributed by atoms with van der Waals surface area (Å²) in [6.07, 6.45) is 0. The molecule has 1 aromatic heterocycles. The lowest BCUT2D eigenvalue weighted by Gasteiger charge is -2.07. The number of nitrogens with two attached hydrogens (primary N) is 1. The summed E-state index contributed by atoms with van der Waals surface area (Å²) in [5, 5.41) is 7.50. The van der Waals surface area contributed by atoms with Gasteiger partial charge in [0.2, 0.25) is 0 Å². The number of hydrogen-bond donors (Lipinski definition) is 1. The number of benzene rings is 1. The molecule has 2 rings (SSSR count). The van der Waals surface area contributed by atoms with Gasteiger partial charge in [-0.3, -0.25) is 0 Å². The van der Waals surface area contributed by atoms with Crippen molar-refractivity contribution in [1.29, 1.82) is 0 Å². The molecule has 0 bridgehead atoms. The molecule has 2 N–H and O–H groups in total. The molecule has 0 radical (unpaired) electrons. The molecule has 0 unspecified atom stereocenters. The van der Waals surface area contributed by atoms with Crippen LogP contribution in [0.2, 0.25) is 0 Å². The van der Waals surface area contributed by atoms with Gasteiger partial charge in [-0.25, -0.2) is 4.39 Å². The SMILES string of the molecule is COc1cc(Sc2nncs2)c(F)cc1N. The number of nitrogens with zero attached hydrogens (tertiary/aromatic N) is 2. The maximum Gasteiger partial charge on any atom is 0.178 e. The van der Waals surface area contributed by atoms with E-state index in [1.165, 1.54) is 36.3 Å². The van der Waals surface area contributed by atoms with E-state index in [-0.39, 0.29) is 5.69 Å². The number of nitrogen functional groups attached to an aromatic ring is 1. The fraction of sp³-hybridized carbons (Fsp3) is 0.111. The Bertz CT molecular complexity index is 490. The number of hydrogen-bond acceptors (Lipinski definition) is 6. The van der Waals surface area contributed by atoms with E-state index in [4.69, 9.17) is 10.5 Å². The van der Waals surface area contributed by atoms with Crippen molar-refractivity contribution < 1.29 is 9.13 Å². The van der Waals surface area contributed by atoms with Crippen LogP contribution in [0.3, 0.4) is 0 Å². The molecule has 0 aliphatic carbocycles. The molecule has 16 heavy (non-hydrogen) atoms. The Kier molecular flexibility index (Phi) is 3.25. The summed E-state index contributed by atoms with van der Waals surface area (Å²) in [5.74, 6) is 0.0620. The fourth-order valence-electron chi connectivity index (χ4n) is 1.11. The van der Waals surface area contributed by atoms with Crippen LogP contribution in [0.5, 0.6) is 5.75 Å². The Balaban J connectivity index is 2.33. The highest BCUT2D eigenvalue weighted by molar-refractivity contribution is 8.01. The molecule has 0 saturated carbocycles. The van der Waals surface area contributed by atoms with Crippen LogP contribution in [0, 0.1) is 5.82 Å². The normalized spacial score (nSPS) is 10.4. The highest BCUT2D eigenvalue weighted by Crippen LogP contribution is 2.35. The van der Waals surface area contributed by atoms with E-state index >= 15 is 0 Å². The third-order valence-electron chi connectivity index (χ3n) is 1.82. The number of aromatic nitrogens is 2. The minimum Gasteiger partial charge on any atom is -0.495 e. The van der Waals surface area contributed by atoms with Crippen molar-refractivity contribution in [1.82, 2.24) is 10.2 Å². The van der Waals surface area contributed by atoms with Crippen molar-refractivity contribution in [3.8, 4) is 5.75 Å². The number of halogens is 1. The molecule has 0 aliphatic rings. The van der Waals surface area contributed by atoms with Crippen LogP contribution in [0.25, 0.3) is 0 Å². The minimum absolute atomic E-state index is 0.279. The quantitative estimate of drug-likeness (QED) is 0.856. The van der Waals surface area contributed by atoms with E-state index in [0.717, 1.165) is 0 Å². The molecule has 0 spiro atoms. The zero-order valence-electron chi connectivity index (χ0n) is 8.31. The van der Waals surface area contributed by atoms with Crippen molar-refractivity contribution in [2.24, 2.45) is 0 Å². The molecule has 0 atom stereocenters. The van der Waals surface area contributed by atoms with Gasteiger partial charge in [0, 0.05) is 6.07 Å². The summed E-state index contributed by atoms with van der Waals surface area (Å²) < 4.78 is 19.3. The van der Waals surface area contributed by atoms with E-state index in [0.29, 0.717) is 15.0 Å². The second-order valence-electron chi connectivity index (χ2n) is 2.83. The maximum absolute atomic E-state index is 13.6. The van der Waals surface area contributed by atoms with Gasteiger partial charge in [0.25, 0.3) is 0 Å². The van der Waals surface area contributed by atoms with Crippen molar-refractivity contribution in [3.05, 3.63) is 23.5 Å². The standard InChI is InChI=1S/C9H8FN3OS2/c1-14-7-3-8(5(10)2-6(7)11)16-9-13-12-4-15-9/h2-4H,11H2,1H3. The molecule has 7 heteroatoms. The highest BCUT2D eigenvalue weighted by Gasteiger charge is 2.11. The van der Waals surface area contributed by atoms with E-state index in [1.54, 1.807) is 11.6 Å². The molecule has 1 aromatic carbocycles. The summed E-state index contributed by atoms with van der Waals surface area (Å²) in [5.41, 5.74) is 7.45. The van der Waals surface area contributed by atoms with Crippen LogP contribution in [0.1, 0.15) is 0 Å². The molecule has 0 fully saturated rings. The summed E-state index contributed by atoms with van der Waals surface area (Å²) in [4.78, 5) is 0.419. The highest BCUT2D eigenvalue weighted by atomic mass is 32.2. The predicted octanol–water partition coefficient (Wildman–Crippen LogP) is 2.42. The first-order chi connectivity index (χ1) is 7.70. The molecule has 84 valence electrons. The van der Waals surface area contributed by atoms with Gasteiger partial charge in [-0.15, -0.1) is 10.2 Å². The van der Waals surface area contributed by atoms with Gasteiger partial charge >= 0.3 is 0 Å². The summed E-state index contributed by atoms with van der Waals surface area (Å²) in [6, 6.07) is 2.79. The molecular weight excluding hydrogens is 249 g/mol. The van der Waals surface area contributed by atoms with Crippen LogP contribution in [0.15, 0.2) is 26.9 Å². The lowest BCUT2D eigenvalue weighted by Crippen LogP contribution is -1.94. The second kappa shape index (κ2) is 4.67. The van der Waals surface area contributed by atoms with Gasteiger partial charge in [0.1, 0.15) is 17.1 Å². The number of anilines is 1. The molecule has 0 amide bonds. The zero-order chi connectivity index (χ0) is 11.5. The second-order valence-corrected chi connectivity index (χ2v) is 4.95. The van der Waals surface area contributed by atoms with Gasteiger partial charge in [-0.1, -0.05) is 23.1 Å². The van der Waals surface area contributed by atoms with Gasteiger partial charge in [-0.2, -0.15) is 0 Å². The number of rotatable bonds is 3. The Labute approximate surface area is 99.6 Å². The van der Waals surface area contributed by atoms with Crippen LogP contribution < -0.4 is 10.5 Å². The van der Waals surface area contributed by atoms with Crippen molar-refractivity contribution in [2.75, 3.05) is 12.8 Å². The first-order valence-corrected chi connectivity index (χ1v) is 5.97. The van der Waals surface area contributed by atoms with Crippen LogP contribution in [0.4, 0.5) is 10.1 Å². The molecule has 1 heterocycles. The molecule has 0 aliphatic heterocycles. The lowest BCUT2D eigenvalue weighted by molar-refractivity contribution is 0.414. The van der Waals surface area contributed by atoms with Crippen LogP contribution in [-0.2, 0) is 0 Å². The molecule has 0 saturated heterocycles. The first kappa shape index (κ1) is 11.2. The van der Waals surface area contributed by atoms with Crippen molar-refractivity contribution in [3.63, 3.8) is 0 Å². The Morgan fingerprint density at radius 2 is 2.31 bits per heavy atom. The van der Waals surface area contributed by atoms with Gasteiger partial charge in [-0.05, 0) is 6.07 Å². The summed E-state index contributed by atoms with van der Waals surface area (Å²) in [7, 11) is 1.49. The average Bonchev–Trinajstić information content (AvgIpc) is 2.75. The first-order valence-electron chi connectivity index (χ1n) is 4.27. The average molecular weight is 257 g/mol. The fourth-order valence-corrected chi connectivity index (χ4v) is 2.57. The molecule has 4 nitrogen and oxygen atoms in total. The smallest absolute Gasteiger partial charge is 0.178 e. The molecule has 2 aromatic rings. The van der Waals surface area contributed by atoms with Crippen LogP contribution in [-0.4, -0.2) is 17.3 Å². The molecular formula is C9H8FN3OS2. The largest absolute Gasteiger partial charge is 0.495 e. The Morgan fingerprint density at radius 3 is 2.94 bits per heavy atom. The monoisotopic (exact) mass is 257 g/mol. The van der Waals surface area contributed by atoms with Gasteiger partial charge < -0.3 is 10.5 Å². The third-order valence-corrected chi connectivity index (χ3v) is 3.63. The minimum atomic E-state index is -0.390. The van der Waals surface area contributed by atoms with Crippen molar-refractivity contribution in [2.45, 2.75) is 9.24 Å². The maximum atomic E-state index is 13.6. The summed E-state index contributed by atoms with van der Waals surface area (Å²) >= 11 is 2.54. The predicted molar refractivity (Wildman–Crippen MR) is 61.4 cm³/mol. The zero-order valence-corrected chi connectivity index (χ0v) is 9.94. The van der Waals surface area contributed by atoms with Gasteiger partial charge in [0.05, 0.1) is 17.7 Å². The van der Waals surface area contributed by atoms with E-state index < -0.39 is 5.82 Å². The number of ether oxygens (including phenoxy) is 1. The number of methoxy groups -OCH3 is 1. The van der Waals surface area contributed by atoms with E-state index in [9.17, 15) is 4.39 Å². The topological polar surface area (TPSA) is 61.0 Å². The van der Waals surface area contributed by atoms with Crippen molar-refractivity contribution >= 4 is 28.8 Å². The van der Waals surface area contributed by atoms with Crippen LogP contribution >= 0.6 is 23.1 Å². The van der Waals surface area contributed by atoms with Gasteiger partial charge in [0.15, 0.2) is 4.34 Å². The van der Waals surface area contributed by atoms with E-state index in [2.05, 4.69) is 10.2 Å². The lowest BCUT2D eigenvalue weighted by atomic mass is 10.3. The summed E-state index contributed by atoms with van der Waals surface area (Å²) in [6.45, 7) is 0.